The van der Waals surface area contributed by atoms with Crippen LogP contribution in [0.3, 0.4) is 0 Å². The maximum atomic E-state index is 13.5. The van der Waals surface area contributed by atoms with Crippen molar-refractivity contribution in [2.45, 2.75) is 369 Å². The largest absolute Gasteiger partial charge is 0.463 e. The molecular weight excluding hydrogens is 1960 g/mol. The fourth-order valence-corrected chi connectivity index (χ4v) is 20.5. The van der Waals surface area contributed by atoms with E-state index in [9.17, 15) is 162 Å². The van der Waals surface area contributed by atoms with Crippen LogP contribution < -0.4 is 0 Å². The molecule has 0 aromatic rings. The van der Waals surface area contributed by atoms with Gasteiger partial charge in [-0.05, 0) is 179 Å². The van der Waals surface area contributed by atoms with Gasteiger partial charge in [-0.25, -0.2) is 61.9 Å². The Labute approximate surface area is 804 Å². The average molecular weight is 2080 g/mol. The zero-order chi connectivity index (χ0) is 108. The van der Waals surface area contributed by atoms with Gasteiger partial charge in [0.05, 0.1) is 68.3 Å². The van der Waals surface area contributed by atoms with Gasteiger partial charge in [-0.3, -0.25) is 14.4 Å². The molecular formula is C91H123F17O34. The van der Waals surface area contributed by atoms with Crippen molar-refractivity contribution < 1.29 is 238 Å². The molecule has 0 radical (unpaired) electrons. The van der Waals surface area contributed by atoms with Crippen LogP contribution in [0.4, 0.5) is 74.6 Å². The third-order valence-corrected chi connectivity index (χ3v) is 25.7. The fraction of sp³-hybridized carbons (Fsp3) is 0.835. The number of halogens is 17. The molecule has 0 spiro atoms. The van der Waals surface area contributed by atoms with Crippen LogP contribution in [-0.2, 0) is 148 Å². The molecule has 18 aliphatic rings. The second-order valence-corrected chi connectivity index (χ2v) is 41.7. The summed E-state index contributed by atoms with van der Waals surface area (Å²) in [5.74, 6) is -42.7. The van der Waals surface area contributed by atoms with Gasteiger partial charge in [-0.1, -0.05) is 13.8 Å². The monoisotopic (exact) mass is 2080 g/mol. The van der Waals surface area contributed by atoms with Gasteiger partial charge in [-0.15, -0.1) is 0 Å². The van der Waals surface area contributed by atoms with Crippen LogP contribution in [0.1, 0.15) is 251 Å². The first-order valence-corrected chi connectivity index (χ1v) is 45.8. The van der Waals surface area contributed by atoms with Gasteiger partial charge >= 0.3 is 137 Å². The van der Waals surface area contributed by atoms with Crippen molar-refractivity contribution in [2.24, 2.45) is 51.8 Å². The van der Waals surface area contributed by atoms with Gasteiger partial charge in [0.2, 0.25) is 23.5 Å². The summed E-state index contributed by atoms with van der Waals surface area (Å²) in [6, 6.07) is 0. The molecule has 810 valence electrons. The third kappa shape index (κ3) is 35.3. The Morgan fingerprint density at radius 2 is 0.817 bits per heavy atom. The highest BCUT2D eigenvalue weighted by Crippen LogP contribution is 2.64. The molecule has 51 heteroatoms. The smallest absolute Gasteiger partial charge is 0.377 e. The summed E-state index contributed by atoms with van der Waals surface area (Å²) in [6.07, 6.45) is 11.4. The third-order valence-electron chi connectivity index (χ3n) is 25.7. The van der Waals surface area contributed by atoms with Gasteiger partial charge in [0.15, 0.2) is 0 Å². The Morgan fingerprint density at radius 1 is 0.401 bits per heavy atom. The molecule has 6 aliphatic heterocycles. The van der Waals surface area contributed by atoms with E-state index < -0.39 is 207 Å². The van der Waals surface area contributed by atoms with Crippen LogP contribution in [-0.4, -0.2) is 282 Å². The molecule has 0 aromatic carbocycles. The highest BCUT2D eigenvalue weighted by molar-refractivity contribution is 5.87. The Kier molecular flexibility index (Phi) is 38.2. The zero-order valence-corrected chi connectivity index (χ0v) is 80.7. The number of aliphatic hydroxyl groups is 3. The molecule has 0 aromatic heterocycles. The van der Waals surface area contributed by atoms with E-state index in [0.29, 0.717) is 117 Å². The molecule has 12 bridgehead atoms. The predicted octanol–water partition coefficient (Wildman–Crippen LogP) is 12.2. The molecule has 0 amide bonds. The first kappa shape index (κ1) is 120. The lowest BCUT2D eigenvalue weighted by Crippen LogP contribution is -2.60. The van der Waals surface area contributed by atoms with Crippen LogP contribution >= 0.6 is 0 Å². The summed E-state index contributed by atoms with van der Waals surface area (Å²) in [4.78, 5) is 162. The highest BCUT2D eigenvalue weighted by atomic mass is 19.3. The molecule has 142 heavy (non-hydrogen) atoms. The van der Waals surface area contributed by atoms with Crippen molar-refractivity contribution in [3.8, 4) is 0 Å². The number of hydrogen-bond acceptors (Lipinski definition) is 34. The van der Waals surface area contributed by atoms with E-state index in [2.05, 4.69) is 61.6 Å². The first-order valence-electron chi connectivity index (χ1n) is 45.8. The summed E-state index contributed by atoms with van der Waals surface area (Å²) in [6.45, 7) is 12.1. The number of esters is 15. The van der Waals surface area contributed by atoms with Crippen LogP contribution in [0.25, 0.3) is 0 Å². The number of hydrogen-bond donors (Lipinski definition) is 3. The van der Waals surface area contributed by atoms with E-state index >= 15 is 0 Å². The topological polar surface area (TPSA) is 464 Å². The summed E-state index contributed by atoms with van der Waals surface area (Å²) in [5.41, 5.74) is -6.78. The summed E-state index contributed by atoms with van der Waals surface area (Å²) in [5, 5.41) is 31.6. The lowest BCUT2D eigenvalue weighted by molar-refractivity contribution is -0.224. The summed E-state index contributed by atoms with van der Waals surface area (Å²) in [7, 11) is 0. The molecule has 13 unspecified atom stereocenters. The predicted molar refractivity (Wildman–Crippen MR) is 441 cm³/mol. The van der Waals surface area contributed by atoms with Crippen LogP contribution in [0, 0.1) is 51.8 Å². The van der Waals surface area contributed by atoms with Crippen molar-refractivity contribution >= 4 is 89.5 Å². The molecule has 3 N–H and O–H groups in total. The number of cyclic esters (lactones) is 6. The van der Waals surface area contributed by atoms with Gasteiger partial charge < -0.3 is 91.1 Å². The van der Waals surface area contributed by atoms with Gasteiger partial charge in [0.1, 0.15) is 50.8 Å². The second kappa shape index (κ2) is 45.4. The number of carbonyl (C=O) groups is 15. The first-order chi connectivity index (χ1) is 64.5. The van der Waals surface area contributed by atoms with Crippen molar-refractivity contribution in [1.82, 2.24) is 0 Å². The number of alkyl halides is 17. The standard InChI is InChI=1S/C15H22F2O4.C15H23FO3.C14H20F2O3.C9H12F2O4.3C8H10F2O4.2C7H8F2O4/c1-13(16,17)12(18)20-2-3-21-15-7-10-4-11(8-15)6-14(19,5-10)9-15;1-13(2,16)12(17)19-9-14-4-10-3-11(5-14)7-15(18,6-10)8-14;1-12(15,16)11(17)19-8-13-3-9-2-10(4-13)6-14(18,5-9)7-13;1-8(2)4-14-6(12)5(8)15-7(13)9(3,10)11;1-7(3-4-13-5(7)11)14-6(12)8(2,9)10;1-4-5(3-6(11)13-4)14-7(12)8(2,9)10;1-8(9,10)7(12)13-4-5-2-3-6(11)14-5;1-7(8,9)6(11)13-4-2-5(10)12-3-4;1-7(8,9)6(11)13-4-2-3-12-5(4)10/h10-11,19H,2-9H2,1H3;10-11,18H,3-9H2,1-2H3;9-10,18H,2-8H2,1H3;5H,4H2,1-3H3;3-4H2,1-2H3;4-5H,3H2,1-2H3;5H,2-4H2,1H3;2*4H,2-3H2,1H3. The quantitative estimate of drug-likeness (QED) is 0.0350. The number of rotatable bonds is 24. The Bertz CT molecular complexity index is 4400. The van der Waals surface area contributed by atoms with E-state index in [0.717, 1.165) is 89.9 Å². The van der Waals surface area contributed by atoms with Crippen molar-refractivity contribution in [2.75, 3.05) is 59.5 Å². The second-order valence-electron chi connectivity index (χ2n) is 41.7. The van der Waals surface area contributed by atoms with E-state index in [1.54, 1.807) is 13.8 Å². The molecule has 18 fully saturated rings. The van der Waals surface area contributed by atoms with Crippen molar-refractivity contribution in [3.63, 3.8) is 0 Å². The molecule has 6 heterocycles. The highest BCUT2D eigenvalue weighted by Gasteiger charge is 2.62. The maximum Gasteiger partial charge on any atom is 0.377 e. The Balaban J connectivity index is 0.000000218. The lowest BCUT2D eigenvalue weighted by Gasteiger charge is -2.59. The SMILES string of the molecule is CC(C)(F)C(=O)OCC12CC3CC(CC(O)(C3)C1)C2.CC(F)(F)C(=O)OC1(C)CCOC1=O.CC(F)(F)C(=O)OC1C(=O)OCC1(C)C.CC(F)(F)C(=O)OC1CCOC1=O.CC(F)(F)C(=O)OC1COC(=O)C1.CC(F)(F)C(=O)OCC12CC3CC(CC(O)(C3)C1)C2.CC(F)(F)C(=O)OCC1CCC(=O)O1.CC(F)(F)C(=O)OCCOC12CC3CC(CC(O)(C3)C1)C2.CC1OC(=O)CC1OC(=O)C(C)(F)F. The maximum absolute atomic E-state index is 13.5. The number of carbonyl (C=O) groups excluding carboxylic acids is 15. The fourth-order valence-electron chi connectivity index (χ4n) is 20.5. The van der Waals surface area contributed by atoms with Gasteiger partial charge in [0, 0.05) is 97.3 Å². The molecule has 13 atom stereocenters. The van der Waals surface area contributed by atoms with Crippen molar-refractivity contribution in [3.05, 3.63) is 0 Å². The van der Waals surface area contributed by atoms with E-state index in [1.165, 1.54) is 34.1 Å². The Morgan fingerprint density at radius 3 is 1.18 bits per heavy atom. The minimum absolute atomic E-state index is 0.0323. The molecule has 12 saturated carbocycles. The normalized spacial score (nSPS) is 32.3. The van der Waals surface area contributed by atoms with Crippen molar-refractivity contribution in [1.29, 1.82) is 0 Å². The Hall–Kier alpha value is -9.30. The summed E-state index contributed by atoms with van der Waals surface area (Å²) < 4.78 is 287. The molecule has 18 rings (SSSR count). The van der Waals surface area contributed by atoms with E-state index in [4.69, 9.17) is 14.2 Å². The minimum atomic E-state index is -3.60. The van der Waals surface area contributed by atoms with Gasteiger partial charge in [0.25, 0.3) is 0 Å². The molecule has 6 saturated heterocycles. The minimum Gasteiger partial charge on any atom is -0.463 e. The van der Waals surface area contributed by atoms with E-state index in [1.807, 2.05) is 0 Å². The molecule has 12 aliphatic carbocycles. The average Bonchev–Trinajstić information content (AvgIpc) is 1.07. The van der Waals surface area contributed by atoms with Gasteiger partial charge in [-0.2, -0.15) is 70.2 Å². The zero-order valence-electron chi connectivity index (χ0n) is 80.7. The van der Waals surface area contributed by atoms with Crippen LogP contribution in [0.2, 0.25) is 0 Å². The van der Waals surface area contributed by atoms with Crippen LogP contribution in [0.15, 0.2) is 0 Å². The lowest BCUT2D eigenvalue weighted by atomic mass is 9.48. The van der Waals surface area contributed by atoms with E-state index in [-0.39, 0.29) is 108 Å². The molecule has 34 nitrogen and oxygen atoms in total. The van der Waals surface area contributed by atoms with Crippen LogP contribution in [0.5, 0.6) is 0 Å². The summed E-state index contributed by atoms with van der Waals surface area (Å²) >= 11 is 0. The number of ether oxygens (including phenoxy) is 16.